The summed E-state index contributed by atoms with van der Waals surface area (Å²) in [7, 11) is 0. The van der Waals surface area contributed by atoms with Gasteiger partial charge in [-0.2, -0.15) is 0 Å². The van der Waals surface area contributed by atoms with Crippen LogP contribution in [0.4, 0.5) is 14.5 Å². The van der Waals surface area contributed by atoms with E-state index in [1.165, 1.54) is 6.08 Å². The van der Waals surface area contributed by atoms with Crippen LogP contribution in [-0.2, 0) is 4.79 Å². The van der Waals surface area contributed by atoms with E-state index in [0.29, 0.717) is 25.2 Å². The summed E-state index contributed by atoms with van der Waals surface area (Å²) in [6.07, 6.45) is 2.27. The number of aliphatic imine (C=N–C) groups is 1. The van der Waals surface area contributed by atoms with E-state index in [0.717, 1.165) is 35.4 Å². The van der Waals surface area contributed by atoms with Crippen LogP contribution in [0.5, 0.6) is 0 Å². The van der Waals surface area contributed by atoms with Gasteiger partial charge in [-0.05, 0) is 42.7 Å². The van der Waals surface area contributed by atoms with E-state index in [1.54, 1.807) is 0 Å². The lowest BCUT2D eigenvalue weighted by atomic mass is 10.0. The minimum Gasteiger partial charge on any atom is -0.322 e. The summed E-state index contributed by atoms with van der Waals surface area (Å²) in [6, 6.07) is 2.29. The molecular formula is C18H19F2N3O. The Morgan fingerprint density at radius 2 is 2.00 bits per heavy atom. The van der Waals surface area contributed by atoms with Crippen molar-refractivity contribution in [2.45, 2.75) is 20.3 Å². The van der Waals surface area contributed by atoms with Gasteiger partial charge in [0, 0.05) is 35.6 Å². The molecule has 1 amide bonds. The van der Waals surface area contributed by atoms with Gasteiger partial charge >= 0.3 is 0 Å². The number of benzene rings is 1. The first-order chi connectivity index (χ1) is 11.5. The van der Waals surface area contributed by atoms with E-state index >= 15 is 0 Å². The molecule has 0 aliphatic carbocycles. The van der Waals surface area contributed by atoms with Crippen LogP contribution in [0.1, 0.15) is 25.8 Å². The van der Waals surface area contributed by atoms with Crippen molar-refractivity contribution in [2.75, 3.05) is 25.0 Å². The predicted octanol–water partition coefficient (Wildman–Crippen LogP) is 3.07. The van der Waals surface area contributed by atoms with Crippen LogP contribution in [0, 0.1) is 11.6 Å². The van der Waals surface area contributed by atoms with E-state index in [1.807, 2.05) is 13.8 Å². The van der Waals surface area contributed by atoms with Crippen molar-refractivity contribution < 1.29 is 13.6 Å². The monoisotopic (exact) mass is 331 g/mol. The molecule has 126 valence electrons. The Balaban J connectivity index is 1.79. The van der Waals surface area contributed by atoms with Crippen LogP contribution in [0.2, 0.25) is 0 Å². The molecule has 3 rings (SSSR count). The first-order valence-corrected chi connectivity index (χ1v) is 7.93. The lowest BCUT2D eigenvalue weighted by molar-refractivity contribution is -0.112. The Morgan fingerprint density at radius 3 is 2.50 bits per heavy atom. The zero-order valence-corrected chi connectivity index (χ0v) is 13.7. The summed E-state index contributed by atoms with van der Waals surface area (Å²) in [4.78, 5) is 16.6. The fraction of sp³-hybridized carbons (Fsp3) is 0.333. The van der Waals surface area contributed by atoms with E-state index in [4.69, 9.17) is 0 Å². The Bertz CT molecular complexity index is 764. The first-order valence-electron chi connectivity index (χ1n) is 7.93. The summed E-state index contributed by atoms with van der Waals surface area (Å²) < 4.78 is 28.3. The summed E-state index contributed by atoms with van der Waals surface area (Å²) in [6.45, 7) is 5.41. The van der Waals surface area contributed by atoms with E-state index in [-0.39, 0.29) is 17.2 Å². The molecule has 2 aliphatic rings. The van der Waals surface area contributed by atoms with Gasteiger partial charge in [0.2, 0.25) is 0 Å². The topological polar surface area (TPSA) is 53.5 Å². The quantitative estimate of drug-likeness (QED) is 0.891. The average molecular weight is 331 g/mol. The number of anilines is 1. The molecule has 0 saturated carbocycles. The molecule has 0 spiro atoms. The third-order valence-electron chi connectivity index (χ3n) is 4.31. The van der Waals surface area contributed by atoms with Gasteiger partial charge < -0.3 is 10.6 Å². The van der Waals surface area contributed by atoms with Crippen molar-refractivity contribution in [3.05, 3.63) is 46.0 Å². The first kappa shape index (κ1) is 16.5. The minimum absolute atomic E-state index is 0.0719. The third-order valence-corrected chi connectivity index (χ3v) is 4.31. The van der Waals surface area contributed by atoms with Gasteiger partial charge in [0.25, 0.3) is 5.91 Å². The lowest BCUT2D eigenvalue weighted by Gasteiger charge is -2.18. The SMILES string of the molecule is CCC1=NCC(C(=O)Nc2cc(F)c(C=C3CNC3)c(F)c2)=C1C. The van der Waals surface area contributed by atoms with E-state index in [9.17, 15) is 13.6 Å². The molecule has 1 aromatic rings. The highest BCUT2D eigenvalue weighted by molar-refractivity contribution is 6.14. The van der Waals surface area contributed by atoms with Crippen LogP contribution < -0.4 is 10.6 Å². The Morgan fingerprint density at radius 1 is 1.33 bits per heavy atom. The molecular weight excluding hydrogens is 312 g/mol. The van der Waals surface area contributed by atoms with Gasteiger partial charge in [0.1, 0.15) is 11.6 Å². The molecule has 2 N–H and O–H groups in total. The predicted molar refractivity (Wildman–Crippen MR) is 91.1 cm³/mol. The van der Waals surface area contributed by atoms with Gasteiger partial charge in [-0.25, -0.2) is 8.78 Å². The number of amides is 1. The van der Waals surface area contributed by atoms with Gasteiger partial charge in [-0.1, -0.05) is 6.92 Å². The second-order valence-electron chi connectivity index (χ2n) is 5.93. The number of nitrogens with one attached hydrogen (secondary N) is 2. The third kappa shape index (κ3) is 3.14. The molecule has 0 unspecified atom stereocenters. The molecule has 4 nitrogen and oxygen atoms in total. The molecule has 0 atom stereocenters. The zero-order chi connectivity index (χ0) is 17.3. The number of halogens is 2. The van der Waals surface area contributed by atoms with Gasteiger partial charge in [0.15, 0.2) is 0 Å². The van der Waals surface area contributed by atoms with Gasteiger partial charge in [-0.15, -0.1) is 0 Å². The summed E-state index contributed by atoms with van der Waals surface area (Å²) in [5, 5.41) is 5.58. The Kier molecular flexibility index (Phi) is 4.57. The van der Waals surface area contributed by atoms with Crippen molar-refractivity contribution in [3.8, 4) is 0 Å². The van der Waals surface area contributed by atoms with Crippen LogP contribution in [0.3, 0.4) is 0 Å². The Hall–Kier alpha value is -2.34. The number of allylic oxidation sites excluding steroid dienone is 1. The molecule has 0 aromatic heterocycles. The lowest BCUT2D eigenvalue weighted by Crippen LogP contribution is -2.33. The Labute approximate surface area is 139 Å². The molecule has 2 heterocycles. The van der Waals surface area contributed by atoms with Crippen molar-refractivity contribution in [2.24, 2.45) is 4.99 Å². The average Bonchev–Trinajstić information content (AvgIpc) is 2.85. The van der Waals surface area contributed by atoms with Crippen molar-refractivity contribution >= 4 is 23.4 Å². The summed E-state index contributed by atoms with van der Waals surface area (Å²) in [5.74, 6) is -1.74. The van der Waals surface area contributed by atoms with E-state index in [2.05, 4.69) is 15.6 Å². The second kappa shape index (κ2) is 6.65. The zero-order valence-electron chi connectivity index (χ0n) is 13.7. The molecule has 0 bridgehead atoms. The maximum Gasteiger partial charge on any atom is 0.253 e. The van der Waals surface area contributed by atoms with Gasteiger partial charge in [-0.3, -0.25) is 9.79 Å². The maximum absolute atomic E-state index is 14.2. The van der Waals surface area contributed by atoms with Crippen molar-refractivity contribution in [3.63, 3.8) is 0 Å². The van der Waals surface area contributed by atoms with Crippen LogP contribution in [0.25, 0.3) is 6.08 Å². The van der Waals surface area contributed by atoms with Crippen LogP contribution in [-0.4, -0.2) is 31.3 Å². The minimum atomic E-state index is -0.688. The summed E-state index contributed by atoms with van der Waals surface area (Å²) >= 11 is 0. The highest BCUT2D eigenvalue weighted by Gasteiger charge is 2.21. The number of hydrogen-bond donors (Lipinski definition) is 2. The molecule has 6 heteroatoms. The molecule has 2 aliphatic heterocycles. The number of hydrogen-bond acceptors (Lipinski definition) is 3. The fourth-order valence-electron chi connectivity index (χ4n) is 2.78. The molecule has 1 saturated heterocycles. The standard InChI is InChI=1S/C18H19F2N3O/c1-3-17-10(2)14(9-22-17)18(24)23-12-5-15(19)13(16(20)6-12)4-11-7-21-8-11/h4-6,21H,3,7-9H2,1-2H3,(H,23,24). The summed E-state index contributed by atoms with van der Waals surface area (Å²) in [5.41, 5.74) is 3.26. The number of carbonyl (C=O) groups is 1. The number of rotatable bonds is 4. The molecule has 1 fully saturated rings. The maximum atomic E-state index is 14.2. The smallest absolute Gasteiger partial charge is 0.253 e. The highest BCUT2D eigenvalue weighted by atomic mass is 19.1. The van der Waals surface area contributed by atoms with Crippen LogP contribution in [0.15, 0.2) is 33.8 Å². The van der Waals surface area contributed by atoms with Crippen molar-refractivity contribution in [1.82, 2.24) is 5.32 Å². The fourth-order valence-corrected chi connectivity index (χ4v) is 2.78. The molecule has 1 aromatic carbocycles. The molecule has 24 heavy (non-hydrogen) atoms. The second-order valence-corrected chi connectivity index (χ2v) is 5.93. The largest absolute Gasteiger partial charge is 0.322 e. The normalized spacial score (nSPS) is 16.8. The van der Waals surface area contributed by atoms with Crippen molar-refractivity contribution in [1.29, 1.82) is 0 Å². The highest BCUT2D eigenvalue weighted by Crippen LogP contribution is 2.24. The van der Waals surface area contributed by atoms with Gasteiger partial charge in [0.05, 0.1) is 6.54 Å². The number of nitrogens with zero attached hydrogens (tertiary/aromatic N) is 1. The van der Waals surface area contributed by atoms with E-state index < -0.39 is 11.6 Å². The molecule has 0 radical (unpaired) electrons. The number of carbonyl (C=O) groups excluding carboxylic acids is 1. The van der Waals surface area contributed by atoms with Crippen LogP contribution >= 0.6 is 0 Å².